The minimum atomic E-state index is -0.514. The molecule has 6 rings (SSSR count). The number of carbonyl (C=O) groups excluding carboxylic acids is 2. The Morgan fingerprint density at radius 3 is 1.95 bits per heavy atom. The van der Waals surface area contributed by atoms with Gasteiger partial charge in [-0.1, -0.05) is 25.0 Å². The zero-order valence-electron chi connectivity index (χ0n) is 11.2. The molecule has 2 nitrogen and oxygen atoms in total. The Morgan fingerprint density at radius 2 is 1.47 bits per heavy atom. The van der Waals surface area contributed by atoms with Gasteiger partial charge in [-0.15, -0.1) is 0 Å². The van der Waals surface area contributed by atoms with Crippen LogP contribution in [0.15, 0.2) is 12.2 Å². The lowest BCUT2D eigenvalue weighted by atomic mass is 9.53. The standard InChI is InChI=1S/C17H20O2/c18-15-13-10-3-4-11(7-10)14(13)16(19)17(15)8-9-1-5-12(17)6-2-9/h3-4,9-14H,1-2,5-8H2/t9?,10-,11+,12?,13-,14+,17?. The van der Waals surface area contributed by atoms with Crippen molar-refractivity contribution in [2.75, 3.05) is 0 Å². The lowest BCUT2D eigenvalue weighted by Crippen LogP contribution is -2.50. The average Bonchev–Trinajstić information content (AvgIpc) is 3.11. The molecule has 0 aliphatic heterocycles. The molecule has 6 aliphatic rings. The minimum Gasteiger partial charge on any atom is -0.298 e. The fourth-order valence-corrected chi connectivity index (χ4v) is 6.34. The lowest BCUT2D eigenvalue weighted by molar-refractivity contribution is -0.148. The second-order valence-electron chi connectivity index (χ2n) is 7.62. The van der Waals surface area contributed by atoms with Crippen LogP contribution in [-0.4, -0.2) is 11.6 Å². The Hall–Kier alpha value is -0.920. The number of fused-ring (bicyclic) bond motifs is 7. The van der Waals surface area contributed by atoms with Crippen LogP contribution in [0.25, 0.3) is 0 Å². The van der Waals surface area contributed by atoms with Crippen molar-refractivity contribution < 1.29 is 9.59 Å². The predicted molar refractivity (Wildman–Crippen MR) is 70.2 cm³/mol. The van der Waals surface area contributed by atoms with E-state index in [9.17, 15) is 9.59 Å². The summed E-state index contributed by atoms with van der Waals surface area (Å²) in [5.74, 6) is 2.72. The summed E-state index contributed by atoms with van der Waals surface area (Å²) in [5, 5.41) is 0. The summed E-state index contributed by atoms with van der Waals surface area (Å²) in [4.78, 5) is 26.2. The van der Waals surface area contributed by atoms with Crippen LogP contribution < -0.4 is 0 Å². The number of rotatable bonds is 0. The Bertz CT molecular complexity index is 479. The monoisotopic (exact) mass is 256 g/mol. The number of hydrogen-bond acceptors (Lipinski definition) is 2. The molecular formula is C17H20O2. The highest BCUT2D eigenvalue weighted by Crippen LogP contribution is 2.65. The van der Waals surface area contributed by atoms with E-state index in [-0.39, 0.29) is 11.8 Å². The molecule has 0 aromatic carbocycles. The fraction of sp³-hybridized carbons (Fsp3) is 0.765. The third-order valence-electron chi connectivity index (χ3n) is 7.10. The van der Waals surface area contributed by atoms with Crippen LogP contribution in [0.1, 0.15) is 38.5 Å². The Labute approximate surface area is 113 Å². The number of allylic oxidation sites excluding steroid dienone is 2. The van der Waals surface area contributed by atoms with Crippen molar-refractivity contribution in [3.8, 4) is 0 Å². The van der Waals surface area contributed by atoms with Gasteiger partial charge in [0, 0.05) is 11.8 Å². The average molecular weight is 256 g/mol. The normalized spacial score (nSPS) is 57.5. The van der Waals surface area contributed by atoms with Crippen molar-refractivity contribution in [3.05, 3.63) is 12.2 Å². The molecule has 100 valence electrons. The van der Waals surface area contributed by atoms with Crippen molar-refractivity contribution in [1.82, 2.24) is 0 Å². The molecule has 2 heteroatoms. The molecule has 0 saturated heterocycles. The molecule has 5 fully saturated rings. The molecule has 0 N–H and O–H groups in total. The Kier molecular flexibility index (Phi) is 1.83. The molecule has 0 radical (unpaired) electrons. The molecular weight excluding hydrogens is 236 g/mol. The quantitative estimate of drug-likeness (QED) is 0.493. The van der Waals surface area contributed by atoms with Crippen LogP contribution in [0.4, 0.5) is 0 Å². The first kappa shape index (κ1) is 10.8. The molecule has 19 heavy (non-hydrogen) atoms. The topological polar surface area (TPSA) is 34.1 Å². The maximum absolute atomic E-state index is 13.1. The van der Waals surface area contributed by atoms with Gasteiger partial charge in [-0.3, -0.25) is 9.59 Å². The van der Waals surface area contributed by atoms with Gasteiger partial charge in [0.15, 0.2) is 11.6 Å². The van der Waals surface area contributed by atoms with Gasteiger partial charge >= 0.3 is 0 Å². The summed E-state index contributed by atoms with van der Waals surface area (Å²) in [6.45, 7) is 0. The van der Waals surface area contributed by atoms with Crippen LogP contribution in [0.5, 0.6) is 0 Å². The maximum atomic E-state index is 13.1. The van der Waals surface area contributed by atoms with Crippen molar-refractivity contribution in [2.24, 2.45) is 40.9 Å². The van der Waals surface area contributed by atoms with E-state index in [0.717, 1.165) is 25.7 Å². The van der Waals surface area contributed by atoms with Gasteiger partial charge < -0.3 is 0 Å². The molecule has 0 aromatic heterocycles. The van der Waals surface area contributed by atoms with E-state index >= 15 is 0 Å². The first-order valence-electron chi connectivity index (χ1n) is 7.99. The van der Waals surface area contributed by atoms with E-state index in [0.29, 0.717) is 35.2 Å². The SMILES string of the molecule is O=C1[C@@H]2[C@H](C(=O)C13CC1CCC3CC1)[C@@H]1C=C[C@H]2C1. The molecule has 0 heterocycles. The van der Waals surface area contributed by atoms with Gasteiger partial charge in [-0.05, 0) is 49.4 Å². The third kappa shape index (κ3) is 1.04. The molecule has 6 aliphatic carbocycles. The molecule has 4 bridgehead atoms. The Morgan fingerprint density at radius 1 is 0.895 bits per heavy atom. The molecule has 0 aromatic rings. The van der Waals surface area contributed by atoms with E-state index in [2.05, 4.69) is 12.2 Å². The number of hydrogen-bond donors (Lipinski definition) is 0. The zero-order chi connectivity index (χ0) is 12.8. The van der Waals surface area contributed by atoms with Crippen molar-refractivity contribution in [2.45, 2.75) is 38.5 Å². The number of ketones is 2. The van der Waals surface area contributed by atoms with E-state index in [1.165, 1.54) is 12.8 Å². The van der Waals surface area contributed by atoms with Gasteiger partial charge in [0.2, 0.25) is 0 Å². The van der Waals surface area contributed by atoms with Crippen LogP contribution in [0, 0.1) is 40.9 Å². The van der Waals surface area contributed by atoms with Gasteiger partial charge in [0.25, 0.3) is 0 Å². The second kappa shape index (κ2) is 3.21. The first-order chi connectivity index (χ1) is 9.22. The molecule has 5 saturated carbocycles. The van der Waals surface area contributed by atoms with Gasteiger partial charge in [0.1, 0.15) is 0 Å². The van der Waals surface area contributed by atoms with Crippen LogP contribution in [0.2, 0.25) is 0 Å². The van der Waals surface area contributed by atoms with E-state index in [4.69, 9.17) is 0 Å². The van der Waals surface area contributed by atoms with Crippen LogP contribution in [0.3, 0.4) is 0 Å². The summed E-state index contributed by atoms with van der Waals surface area (Å²) in [6, 6.07) is 0. The van der Waals surface area contributed by atoms with E-state index in [1.807, 2.05) is 0 Å². The van der Waals surface area contributed by atoms with E-state index < -0.39 is 5.41 Å². The molecule has 1 unspecified atom stereocenters. The largest absolute Gasteiger partial charge is 0.298 e. The molecule has 0 amide bonds. The predicted octanol–water partition coefficient (Wildman–Crippen LogP) is 2.77. The number of Topliss-reactive ketones (excluding diaryl/α,β-unsaturated/α-hetero) is 2. The highest BCUT2D eigenvalue weighted by molar-refractivity contribution is 6.16. The summed E-state index contributed by atoms with van der Waals surface area (Å²) in [7, 11) is 0. The fourth-order valence-electron chi connectivity index (χ4n) is 6.34. The van der Waals surface area contributed by atoms with E-state index in [1.54, 1.807) is 0 Å². The molecule has 5 atom stereocenters. The number of carbonyl (C=O) groups is 2. The van der Waals surface area contributed by atoms with Crippen LogP contribution in [-0.2, 0) is 9.59 Å². The summed E-state index contributed by atoms with van der Waals surface area (Å²) >= 11 is 0. The van der Waals surface area contributed by atoms with Crippen molar-refractivity contribution in [1.29, 1.82) is 0 Å². The zero-order valence-corrected chi connectivity index (χ0v) is 11.2. The summed E-state index contributed by atoms with van der Waals surface area (Å²) in [5.41, 5.74) is -0.514. The van der Waals surface area contributed by atoms with Gasteiger partial charge in [-0.2, -0.15) is 0 Å². The third-order valence-corrected chi connectivity index (χ3v) is 7.10. The second-order valence-corrected chi connectivity index (χ2v) is 7.62. The van der Waals surface area contributed by atoms with Crippen LogP contribution >= 0.6 is 0 Å². The highest BCUT2D eigenvalue weighted by Gasteiger charge is 2.70. The minimum absolute atomic E-state index is 0.0712. The first-order valence-corrected chi connectivity index (χ1v) is 7.99. The highest BCUT2D eigenvalue weighted by atomic mass is 16.2. The smallest absolute Gasteiger partial charge is 0.151 e. The van der Waals surface area contributed by atoms with Crippen molar-refractivity contribution >= 4 is 11.6 Å². The van der Waals surface area contributed by atoms with Gasteiger partial charge in [0.05, 0.1) is 5.41 Å². The lowest BCUT2D eigenvalue weighted by Gasteiger charge is -2.48. The Balaban J connectivity index is 1.63. The van der Waals surface area contributed by atoms with Gasteiger partial charge in [-0.25, -0.2) is 0 Å². The summed E-state index contributed by atoms with van der Waals surface area (Å²) in [6.07, 6.45) is 11.2. The maximum Gasteiger partial charge on any atom is 0.151 e. The molecule has 1 spiro atoms. The van der Waals surface area contributed by atoms with Crippen molar-refractivity contribution in [3.63, 3.8) is 0 Å². The summed E-state index contributed by atoms with van der Waals surface area (Å²) < 4.78 is 0.